The van der Waals surface area contributed by atoms with E-state index in [0.29, 0.717) is 23.9 Å². The summed E-state index contributed by atoms with van der Waals surface area (Å²) < 4.78 is 27.2. The Kier molecular flexibility index (Phi) is 6.40. The van der Waals surface area contributed by atoms with Crippen LogP contribution in [0.25, 0.3) is 11.0 Å². The number of H-pyrrole nitrogens is 1. The van der Waals surface area contributed by atoms with Crippen molar-refractivity contribution in [2.75, 3.05) is 24.2 Å². The summed E-state index contributed by atoms with van der Waals surface area (Å²) in [5.41, 5.74) is 2.36. The smallest absolute Gasteiger partial charge is 0.243 e. The zero-order valence-corrected chi connectivity index (χ0v) is 18.1. The van der Waals surface area contributed by atoms with Gasteiger partial charge in [-0.25, -0.2) is 13.4 Å². The minimum Gasteiger partial charge on any atom is -0.333 e. The van der Waals surface area contributed by atoms with Crippen LogP contribution in [-0.2, 0) is 14.8 Å². The first kappa shape index (κ1) is 20.9. The maximum absolute atomic E-state index is 12.8. The number of rotatable bonds is 6. The minimum absolute atomic E-state index is 0.177. The Balaban J connectivity index is 1.35. The third-order valence-electron chi connectivity index (χ3n) is 5.05. The molecule has 7 nitrogen and oxygen atoms in total. The van der Waals surface area contributed by atoms with Crippen molar-refractivity contribution >= 4 is 44.4 Å². The van der Waals surface area contributed by atoms with Crippen LogP contribution < -0.4 is 5.32 Å². The summed E-state index contributed by atoms with van der Waals surface area (Å²) in [5.74, 6) is 0.0248. The van der Waals surface area contributed by atoms with Crippen LogP contribution in [-0.4, -0.2) is 47.4 Å². The van der Waals surface area contributed by atoms with E-state index in [2.05, 4.69) is 15.3 Å². The quantitative estimate of drug-likeness (QED) is 0.563. The molecular formula is C21H24N4O3S2. The number of anilines is 1. The Hall–Kier alpha value is -2.36. The number of carbonyl (C=O) groups excluding carboxylic acids is 1. The molecule has 158 valence electrons. The van der Waals surface area contributed by atoms with Crippen LogP contribution in [0.1, 0.15) is 25.7 Å². The first-order valence-corrected chi connectivity index (χ1v) is 12.4. The fourth-order valence-electron chi connectivity index (χ4n) is 3.47. The molecule has 1 aliphatic heterocycles. The maximum Gasteiger partial charge on any atom is 0.243 e. The topological polar surface area (TPSA) is 95.2 Å². The Morgan fingerprint density at radius 3 is 2.43 bits per heavy atom. The number of thioether (sulfide) groups is 1. The lowest BCUT2D eigenvalue weighted by atomic mass is 10.2. The zero-order chi connectivity index (χ0) is 21.0. The molecule has 1 aliphatic rings. The molecule has 0 radical (unpaired) electrons. The maximum atomic E-state index is 12.8. The Morgan fingerprint density at radius 1 is 1.03 bits per heavy atom. The SMILES string of the molecule is O=C(CSc1nc2ccccc2[nH]1)Nc1ccc(S(=O)(=O)N2CCCCCC2)cc1. The molecule has 3 aromatic rings. The molecule has 0 unspecified atom stereocenters. The third-order valence-corrected chi connectivity index (χ3v) is 7.83. The highest BCUT2D eigenvalue weighted by molar-refractivity contribution is 7.99. The molecule has 1 aromatic heterocycles. The van der Waals surface area contributed by atoms with Crippen molar-refractivity contribution in [2.24, 2.45) is 0 Å². The normalized spacial score (nSPS) is 15.7. The molecule has 0 atom stereocenters. The van der Waals surface area contributed by atoms with Crippen LogP contribution in [0, 0.1) is 0 Å². The third kappa shape index (κ3) is 4.85. The molecule has 2 heterocycles. The summed E-state index contributed by atoms with van der Waals surface area (Å²) in [4.78, 5) is 20.1. The molecule has 9 heteroatoms. The molecule has 1 amide bonds. The first-order chi connectivity index (χ1) is 14.5. The number of imidazole rings is 1. The summed E-state index contributed by atoms with van der Waals surface area (Å²) >= 11 is 1.32. The molecular weight excluding hydrogens is 420 g/mol. The van der Waals surface area contributed by atoms with Gasteiger partial charge in [-0.05, 0) is 49.2 Å². The number of aromatic amines is 1. The summed E-state index contributed by atoms with van der Waals surface area (Å²) in [6.45, 7) is 1.14. The van der Waals surface area contributed by atoms with E-state index in [1.165, 1.54) is 11.8 Å². The lowest BCUT2D eigenvalue weighted by molar-refractivity contribution is -0.113. The van der Waals surface area contributed by atoms with Crippen LogP contribution in [0.4, 0.5) is 5.69 Å². The van der Waals surface area contributed by atoms with Gasteiger partial charge in [0.05, 0.1) is 21.7 Å². The standard InChI is InChI=1S/C21H24N4O3S2/c26-20(15-29-21-23-18-7-3-4-8-19(18)24-21)22-16-9-11-17(12-10-16)30(27,28)25-13-5-1-2-6-14-25/h3-4,7-12H,1-2,5-6,13-15H2,(H,22,26)(H,23,24). The number of nitrogens with one attached hydrogen (secondary N) is 2. The predicted octanol–water partition coefficient (Wildman–Crippen LogP) is 3.86. The van der Waals surface area contributed by atoms with Crippen LogP contribution in [0.2, 0.25) is 0 Å². The van der Waals surface area contributed by atoms with Crippen molar-refractivity contribution in [3.8, 4) is 0 Å². The number of sulfonamides is 1. The number of benzene rings is 2. The van der Waals surface area contributed by atoms with Gasteiger partial charge in [-0.2, -0.15) is 4.31 Å². The van der Waals surface area contributed by atoms with Crippen molar-refractivity contribution in [2.45, 2.75) is 35.7 Å². The van der Waals surface area contributed by atoms with Gasteiger partial charge in [0.25, 0.3) is 0 Å². The molecule has 1 fully saturated rings. The largest absolute Gasteiger partial charge is 0.333 e. The highest BCUT2D eigenvalue weighted by Crippen LogP contribution is 2.23. The van der Waals surface area contributed by atoms with Gasteiger partial charge >= 0.3 is 0 Å². The Labute approximate surface area is 180 Å². The second-order valence-corrected chi connectivity index (χ2v) is 10.1. The molecule has 2 N–H and O–H groups in total. The molecule has 0 bridgehead atoms. The van der Waals surface area contributed by atoms with Crippen molar-refractivity contribution in [1.82, 2.24) is 14.3 Å². The Morgan fingerprint density at radius 2 is 1.73 bits per heavy atom. The number of hydrogen-bond donors (Lipinski definition) is 2. The number of amides is 1. The lowest BCUT2D eigenvalue weighted by Crippen LogP contribution is -2.31. The zero-order valence-electron chi connectivity index (χ0n) is 16.5. The minimum atomic E-state index is -3.49. The average Bonchev–Trinajstić information content (AvgIpc) is 2.95. The van der Waals surface area contributed by atoms with Crippen LogP contribution >= 0.6 is 11.8 Å². The first-order valence-electron chi connectivity index (χ1n) is 10.00. The molecule has 2 aromatic carbocycles. The second kappa shape index (κ2) is 9.20. The van der Waals surface area contributed by atoms with Crippen molar-refractivity contribution in [3.63, 3.8) is 0 Å². The van der Waals surface area contributed by atoms with Crippen molar-refractivity contribution < 1.29 is 13.2 Å². The van der Waals surface area contributed by atoms with E-state index in [0.717, 1.165) is 36.7 Å². The van der Waals surface area contributed by atoms with Gasteiger partial charge in [-0.15, -0.1) is 0 Å². The van der Waals surface area contributed by atoms with Crippen molar-refractivity contribution in [3.05, 3.63) is 48.5 Å². The van der Waals surface area contributed by atoms with Crippen molar-refractivity contribution in [1.29, 1.82) is 0 Å². The summed E-state index contributed by atoms with van der Waals surface area (Å²) in [5, 5.41) is 3.49. The summed E-state index contributed by atoms with van der Waals surface area (Å²) in [7, 11) is -3.49. The molecule has 0 spiro atoms. The summed E-state index contributed by atoms with van der Waals surface area (Å²) in [6.07, 6.45) is 3.94. The van der Waals surface area contributed by atoms with E-state index in [-0.39, 0.29) is 16.6 Å². The monoisotopic (exact) mass is 444 g/mol. The molecule has 0 saturated carbocycles. The fraction of sp³-hybridized carbons (Fsp3) is 0.333. The second-order valence-electron chi connectivity index (χ2n) is 7.24. The van der Waals surface area contributed by atoms with E-state index in [1.807, 2.05) is 24.3 Å². The highest BCUT2D eigenvalue weighted by atomic mass is 32.2. The van der Waals surface area contributed by atoms with Gasteiger partial charge in [-0.3, -0.25) is 4.79 Å². The van der Waals surface area contributed by atoms with Gasteiger partial charge in [-0.1, -0.05) is 36.7 Å². The highest BCUT2D eigenvalue weighted by Gasteiger charge is 2.25. The number of nitrogens with zero attached hydrogens (tertiary/aromatic N) is 2. The van der Waals surface area contributed by atoms with Gasteiger partial charge in [0.1, 0.15) is 0 Å². The van der Waals surface area contributed by atoms with E-state index in [1.54, 1.807) is 28.6 Å². The van der Waals surface area contributed by atoms with E-state index < -0.39 is 10.0 Å². The van der Waals surface area contributed by atoms with Gasteiger partial charge < -0.3 is 10.3 Å². The van der Waals surface area contributed by atoms with Gasteiger partial charge in [0.15, 0.2) is 5.16 Å². The predicted molar refractivity (Wildman–Crippen MR) is 119 cm³/mol. The average molecular weight is 445 g/mol. The number of fused-ring (bicyclic) bond motifs is 1. The molecule has 1 saturated heterocycles. The van der Waals surface area contributed by atoms with E-state index in [4.69, 9.17) is 0 Å². The van der Waals surface area contributed by atoms with E-state index in [9.17, 15) is 13.2 Å². The number of para-hydroxylation sites is 2. The molecule has 0 aliphatic carbocycles. The van der Waals surface area contributed by atoms with Crippen LogP contribution in [0.5, 0.6) is 0 Å². The molecule has 30 heavy (non-hydrogen) atoms. The fourth-order valence-corrected chi connectivity index (χ4v) is 5.67. The summed E-state index contributed by atoms with van der Waals surface area (Å²) in [6, 6.07) is 14.1. The Bertz CT molecular complexity index is 1090. The van der Waals surface area contributed by atoms with Crippen LogP contribution in [0.15, 0.2) is 58.6 Å². The number of aromatic nitrogens is 2. The molecule has 4 rings (SSSR count). The van der Waals surface area contributed by atoms with Crippen LogP contribution in [0.3, 0.4) is 0 Å². The number of carbonyl (C=O) groups is 1. The number of hydrogen-bond acceptors (Lipinski definition) is 5. The lowest BCUT2D eigenvalue weighted by Gasteiger charge is -2.20. The van der Waals surface area contributed by atoms with Gasteiger partial charge in [0.2, 0.25) is 15.9 Å². The van der Waals surface area contributed by atoms with E-state index >= 15 is 0 Å². The van der Waals surface area contributed by atoms with Gasteiger partial charge in [0, 0.05) is 18.8 Å².